The molecule has 1 saturated heterocycles. The van der Waals surface area contributed by atoms with Crippen LogP contribution in [0.5, 0.6) is 0 Å². The lowest BCUT2D eigenvalue weighted by Gasteiger charge is -2.35. The largest absolute Gasteiger partial charge is 0.369 e. The van der Waals surface area contributed by atoms with Crippen molar-refractivity contribution < 1.29 is 8.76 Å². The number of aromatic amines is 1. The first-order chi connectivity index (χ1) is 12.9. The zero-order chi connectivity index (χ0) is 19.6. The van der Waals surface area contributed by atoms with Crippen LogP contribution in [0.1, 0.15) is 58.4 Å². The second-order valence-corrected chi connectivity index (χ2v) is 9.22. The standard InChI is InChI=1S/C21H33N3O2S/c1-5-15(4)24-10-8-16(9-11-24)19-13-22-20-7-6-17(12-18(19)20)23-21(14(2)3)27(25)26/h6-7,12-16,21-23H,5,8-11H2,1-4H3,(H,25,26). The molecule has 1 aromatic carbocycles. The summed E-state index contributed by atoms with van der Waals surface area (Å²) in [6, 6.07) is 6.84. The summed E-state index contributed by atoms with van der Waals surface area (Å²) in [4.78, 5) is 6.01. The summed E-state index contributed by atoms with van der Waals surface area (Å²) in [5.74, 6) is 0.643. The third kappa shape index (κ3) is 4.55. The Morgan fingerprint density at radius 2 is 2.00 bits per heavy atom. The van der Waals surface area contributed by atoms with E-state index in [0.29, 0.717) is 12.0 Å². The Morgan fingerprint density at radius 3 is 2.59 bits per heavy atom. The second-order valence-electron chi connectivity index (χ2n) is 8.16. The highest BCUT2D eigenvalue weighted by Crippen LogP contribution is 2.35. The van der Waals surface area contributed by atoms with E-state index in [1.165, 1.54) is 30.2 Å². The molecule has 3 atom stereocenters. The van der Waals surface area contributed by atoms with Gasteiger partial charge in [0.1, 0.15) is 5.37 Å². The maximum atomic E-state index is 11.6. The minimum Gasteiger partial charge on any atom is -0.369 e. The van der Waals surface area contributed by atoms with Gasteiger partial charge in [0.25, 0.3) is 0 Å². The van der Waals surface area contributed by atoms with Crippen LogP contribution in [-0.2, 0) is 11.1 Å². The highest BCUT2D eigenvalue weighted by atomic mass is 32.2. The smallest absolute Gasteiger partial charge is 0.176 e. The fourth-order valence-corrected chi connectivity index (χ4v) is 4.80. The number of fused-ring (bicyclic) bond motifs is 1. The van der Waals surface area contributed by atoms with E-state index in [4.69, 9.17) is 0 Å². The van der Waals surface area contributed by atoms with Crippen LogP contribution in [0.25, 0.3) is 10.9 Å². The van der Waals surface area contributed by atoms with Crippen molar-refractivity contribution in [3.05, 3.63) is 30.0 Å². The Bertz CT molecular complexity index is 781. The van der Waals surface area contributed by atoms with Crippen LogP contribution in [0.15, 0.2) is 24.4 Å². The van der Waals surface area contributed by atoms with E-state index < -0.39 is 16.5 Å². The summed E-state index contributed by atoms with van der Waals surface area (Å²) >= 11 is -1.90. The van der Waals surface area contributed by atoms with Crippen LogP contribution < -0.4 is 5.32 Å². The van der Waals surface area contributed by atoms with Gasteiger partial charge in [0, 0.05) is 28.8 Å². The monoisotopic (exact) mass is 391 g/mol. The fraction of sp³-hybridized carbons (Fsp3) is 0.619. The van der Waals surface area contributed by atoms with Gasteiger partial charge in [-0.15, -0.1) is 0 Å². The maximum Gasteiger partial charge on any atom is 0.176 e. The summed E-state index contributed by atoms with van der Waals surface area (Å²) in [6.45, 7) is 10.8. The van der Waals surface area contributed by atoms with Crippen LogP contribution >= 0.6 is 0 Å². The van der Waals surface area contributed by atoms with Gasteiger partial charge in [0.05, 0.1) is 0 Å². The van der Waals surface area contributed by atoms with E-state index in [-0.39, 0.29) is 5.92 Å². The average molecular weight is 392 g/mol. The minimum atomic E-state index is -1.90. The van der Waals surface area contributed by atoms with Gasteiger partial charge < -0.3 is 19.8 Å². The second kappa shape index (κ2) is 8.76. The Hall–Kier alpha value is -1.37. The predicted octanol–water partition coefficient (Wildman–Crippen LogP) is 4.76. The number of likely N-dealkylation sites (tertiary alicyclic amines) is 1. The lowest BCUT2D eigenvalue weighted by atomic mass is 9.88. The molecule has 1 fully saturated rings. The molecule has 2 aromatic rings. The Kier molecular flexibility index (Phi) is 6.61. The van der Waals surface area contributed by atoms with Gasteiger partial charge in [-0.3, -0.25) is 0 Å². The van der Waals surface area contributed by atoms with Crippen molar-refractivity contribution in [2.24, 2.45) is 5.92 Å². The van der Waals surface area contributed by atoms with Crippen molar-refractivity contribution in [2.45, 2.75) is 64.3 Å². The van der Waals surface area contributed by atoms with Gasteiger partial charge in [-0.05, 0) is 74.9 Å². The number of anilines is 1. The van der Waals surface area contributed by atoms with Crippen LogP contribution in [0, 0.1) is 5.92 Å². The van der Waals surface area contributed by atoms with Crippen LogP contribution in [0.2, 0.25) is 0 Å². The lowest BCUT2D eigenvalue weighted by Crippen LogP contribution is -2.39. The number of rotatable bonds is 7. The summed E-state index contributed by atoms with van der Waals surface area (Å²) in [6.07, 6.45) is 5.73. The van der Waals surface area contributed by atoms with Crippen LogP contribution in [0.3, 0.4) is 0 Å². The molecule has 0 radical (unpaired) electrons. The van der Waals surface area contributed by atoms with Gasteiger partial charge in [-0.1, -0.05) is 20.8 Å². The molecule has 3 rings (SSSR count). The fourth-order valence-electron chi connectivity index (χ4n) is 4.09. The van der Waals surface area contributed by atoms with Gasteiger partial charge in [0.15, 0.2) is 11.1 Å². The summed E-state index contributed by atoms with van der Waals surface area (Å²) in [5.41, 5.74) is 3.41. The highest BCUT2D eigenvalue weighted by Gasteiger charge is 2.25. The normalized spacial score (nSPS) is 20.1. The van der Waals surface area contributed by atoms with Gasteiger partial charge in [-0.2, -0.15) is 0 Å². The number of nitrogens with one attached hydrogen (secondary N) is 2. The van der Waals surface area contributed by atoms with E-state index in [1.54, 1.807) is 0 Å². The van der Waals surface area contributed by atoms with Gasteiger partial charge in [0.2, 0.25) is 0 Å². The number of benzene rings is 1. The Balaban J connectivity index is 1.79. The molecule has 2 heterocycles. The summed E-state index contributed by atoms with van der Waals surface area (Å²) in [7, 11) is 0. The van der Waals surface area contributed by atoms with E-state index in [0.717, 1.165) is 24.3 Å². The molecule has 27 heavy (non-hydrogen) atoms. The number of H-pyrrole nitrogens is 1. The molecule has 0 saturated carbocycles. The van der Waals surface area contributed by atoms with Gasteiger partial charge >= 0.3 is 0 Å². The number of hydrogen-bond acceptors (Lipinski definition) is 3. The molecular weight excluding hydrogens is 358 g/mol. The van der Waals surface area contributed by atoms with E-state index >= 15 is 0 Å². The molecule has 0 spiro atoms. The number of nitrogens with zero attached hydrogens (tertiary/aromatic N) is 1. The van der Waals surface area contributed by atoms with Gasteiger partial charge in [-0.25, -0.2) is 4.21 Å². The number of piperidine rings is 1. The van der Waals surface area contributed by atoms with Crippen molar-refractivity contribution in [1.82, 2.24) is 9.88 Å². The summed E-state index contributed by atoms with van der Waals surface area (Å²) in [5, 5.41) is 4.01. The zero-order valence-electron chi connectivity index (χ0n) is 16.9. The SMILES string of the molecule is CCC(C)N1CCC(c2c[nH]c3ccc(NC(C(C)C)S(=O)O)cc23)CC1. The van der Waals surface area contributed by atoms with Crippen LogP contribution in [-0.4, -0.2) is 43.2 Å². The molecule has 0 amide bonds. The molecule has 150 valence electrons. The highest BCUT2D eigenvalue weighted by molar-refractivity contribution is 7.80. The molecule has 0 aliphatic carbocycles. The first kappa shape index (κ1) is 20.4. The molecule has 3 N–H and O–H groups in total. The summed E-state index contributed by atoms with van der Waals surface area (Å²) < 4.78 is 21.2. The van der Waals surface area contributed by atoms with Crippen molar-refractivity contribution in [3.63, 3.8) is 0 Å². The van der Waals surface area contributed by atoms with Crippen molar-refractivity contribution in [1.29, 1.82) is 0 Å². The zero-order valence-corrected chi connectivity index (χ0v) is 17.7. The molecular formula is C21H33N3O2S. The Labute approximate surface area is 165 Å². The van der Waals surface area contributed by atoms with E-state index in [1.807, 2.05) is 19.9 Å². The van der Waals surface area contributed by atoms with Crippen molar-refractivity contribution in [2.75, 3.05) is 18.4 Å². The van der Waals surface area contributed by atoms with Crippen molar-refractivity contribution >= 4 is 27.7 Å². The predicted molar refractivity (Wildman–Crippen MR) is 115 cm³/mol. The third-order valence-electron chi connectivity index (χ3n) is 6.03. The van der Waals surface area contributed by atoms with Crippen molar-refractivity contribution in [3.8, 4) is 0 Å². The molecule has 6 heteroatoms. The molecule has 0 bridgehead atoms. The molecule has 1 aliphatic heterocycles. The third-order valence-corrected chi connectivity index (χ3v) is 7.13. The van der Waals surface area contributed by atoms with Crippen LogP contribution in [0.4, 0.5) is 5.69 Å². The maximum absolute atomic E-state index is 11.6. The topological polar surface area (TPSA) is 68.4 Å². The first-order valence-corrected chi connectivity index (χ1v) is 11.3. The number of hydrogen-bond donors (Lipinski definition) is 3. The molecule has 1 aliphatic rings. The Morgan fingerprint density at radius 1 is 1.30 bits per heavy atom. The molecule has 5 nitrogen and oxygen atoms in total. The minimum absolute atomic E-state index is 0.0714. The van der Waals surface area contributed by atoms with E-state index in [2.05, 4.69) is 47.4 Å². The first-order valence-electron chi connectivity index (χ1n) is 10.1. The lowest BCUT2D eigenvalue weighted by molar-refractivity contribution is 0.158. The average Bonchev–Trinajstić information content (AvgIpc) is 3.08. The molecule has 3 unspecified atom stereocenters. The quantitative estimate of drug-likeness (QED) is 0.595. The molecule has 1 aromatic heterocycles. The number of aromatic nitrogens is 1. The van der Waals surface area contributed by atoms with E-state index in [9.17, 15) is 8.76 Å².